The van der Waals surface area contributed by atoms with E-state index in [4.69, 9.17) is 9.97 Å². The van der Waals surface area contributed by atoms with Crippen molar-refractivity contribution in [3.05, 3.63) is 83.2 Å². The van der Waals surface area contributed by atoms with Gasteiger partial charge in [0, 0.05) is 41.3 Å². The number of rotatable bonds is 10. The van der Waals surface area contributed by atoms with Gasteiger partial charge >= 0.3 is 0 Å². The van der Waals surface area contributed by atoms with E-state index < -0.39 is 6.10 Å². The molecule has 0 amide bonds. The number of nitrogens with zero attached hydrogens (tertiary/aromatic N) is 2. The van der Waals surface area contributed by atoms with Crippen LogP contribution in [0.1, 0.15) is 113 Å². The second kappa shape index (κ2) is 16.8. The number of aliphatic hydroxyl groups is 2. The van der Waals surface area contributed by atoms with Crippen molar-refractivity contribution in [1.82, 2.24) is 9.97 Å². The quantitative estimate of drug-likeness (QED) is 0.106. The molecule has 0 aliphatic carbocycles. The third-order valence-electron chi connectivity index (χ3n) is 11.3. The Bertz CT molecular complexity index is 2160. The maximum atomic E-state index is 10.3. The summed E-state index contributed by atoms with van der Waals surface area (Å²) in [4.78, 5) is 9.54. The fraction of sp³-hybridized carbons (Fsp3) is 0.467. The molecule has 0 saturated carbocycles. The number of thiophene rings is 2. The molecule has 0 spiro atoms. The zero-order chi connectivity index (χ0) is 37.3. The van der Waals surface area contributed by atoms with Crippen molar-refractivity contribution >= 4 is 63.8 Å². The zero-order valence-electron chi connectivity index (χ0n) is 32.9. The Hall–Kier alpha value is -2.67. The third kappa shape index (κ3) is 8.35. The van der Waals surface area contributed by atoms with E-state index in [1.165, 1.54) is 36.7 Å². The number of hydrogen-bond acceptors (Lipinski definition) is 6. The van der Waals surface area contributed by atoms with Gasteiger partial charge in [-0.05, 0) is 71.3 Å². The topological polar surface area (TPSA) is 66.2 Å². The molecule has 3 heterocycles. The third-order valence-corrected chi connectivity index (χ3v) is 13.7. The number of aliphatic hydroxyl groups excluding tert-OH is 2. The molecule has 0 aliphatic rings. The molecule has 1 atom stereocenters. The molecular weight excluding hydrogens is 857 g/mol. The number of hydrogen-bond donors (Lipinski definition) is 2. The molecule has 0 bridgehead atoms. The first-order chi connectivity index (χ1) is 24.1. The van der Waals surface area contributed by atoms with Gasteiger partial charge in [-0.15, -0.1) is 51.8 Å². The van der Waals surface area contributed by atoms with Crippen LogP contribution < -0.4 is 0 Å². The molecule has 2 N–H and O–H groups in total. The summed E-state index contributed by atoms with van der Waals surface area (Å²) in [7, 11) is 0. The fourth-order valence-electron chi connectivity index (χ4n) is 6.78. The average Bonchev–Trinajstić information content (AvgIpc) is 3.71. The molecule has 6 aromatic rings. The van der Waals surface area contributed by atoms with Crippen molar-refractivity contribution in [2.45, 2.75) is 120 Å². The number of aromatic nitrogens is 2. The van der Waals surface area contributed by atoms with E-state index in [1.54, 1.807) is 12.4 Å². The van der Waals surface area contributed by atoms with Crippen LogP contribution in [0.25, 0.3) is 52.4 Å². The van der Waals surface area contributed by atoms with Gasteiger partial charge in [-0.2, -0.15) is 0 Å². The van der Waals surface area contributed by atoms with Crippen molar-refractivity contribution in [2.24, 2.45) is 16.7 Å². The Morgan fingerprint density at radius 2 is 1.50 bits per heavy atom. The van der Waals surface area contributed by atoms with Crippen LogP contribution in [0.2, 0.25) is 0 Å². The summed E-state index contributed by atoms with van der Waals surface area (Å²) in [5.41, 5.74) is 5.53. The van der Waals surface area contributed by atoms with Gasteiger partial charge in [-0.1, -0.05) is 117 Å². The first-order valence-electron chi connectivity index (χ1n) is 18.7. The van der Waals surface area contributed by atoms with Crippen LogP contribution in [0.3, 0.4) is 0 Å². The van der Waals surface area contributed by atoms with Gasteiger partial charge in [0.25, 0.3) is 0 Å². The van der Waals surface area contributed by atoms with Gasteiger partial charge in [-0.25, -0.2) is 4.98 Å². The van der Waals surface area contributed by atoms with E-state index in [0.29, 0.717) is 11.7 Å². The number of allylic oxidation sites excluding steroid dienone is 1. The Morgan fingerprint density at radius 3 is 2.12 bits per heavy atom. The van der Waals surface area contributed by atoms with Crippen LogP contribution in [0.4, 0.5) is 0 Å². The van der Waals surface area contributed by atoms with E-state index in [-0.39, 0.29) is 36.4 Å². The molecule has 3 aromatic carbocycles. The SMILES string of the molecule is CC(C)Cc1csc2c1ccc1c3ncnc(-c4[c-]c5ccccc5c(C(C)(C)C)c4)c3sc12.CCC(C)(CC)/C(O)=C/C(O)C(C)(CC)CC.[Ir]. The fourth-order valence-corrected chi connectivity index (χ4v) is 9.27. The van der Waals surface area contributed by atoms with E-state index in [0.717, 1.165) is 59.0 Å². The molecule has 0 aliphatic heterocycles. The van der Waals surface area contributed by atoms with Gasteiger partial charge in [0.05, 0.1) is 26.8 Å². The van der Waals surface area contributed by atoms with Gasteiger partial charge in [0.2, 0.25) is 0 Å². The molecule has 7 heteroatoms. The van der Waals surface area contributed by atoms with Crippen LogP contribution in [-0.2, 0) is 31.9 Å². The van der Waals surface area contributed by atoms with Gasteiger partial charge in [-0.3, -0.25) is 4.98 Å². The summed E-state index contributed by atoms with van der Waals surface area (Å²) in [6.45, 7) is 23.8. The van der Waals surface area contributed by atoms with Crippen molar-refractivity contribution < 1.29 is 30.3 Å². The molecule has 4 nitrogen and oxygen atoms in total. The predicted molar refractivity (Wildman–Crippen MR) is 223 cm³/mol. The molecule has 0 saturated heterocycles. The van der Waals surface area contributed by atoms with Gasteiger partial charge < -0.3 is 10.2 Å². The predicted octanol–water partition coefficient (Wildman–Crippen LogP) is 13.6. The summed E-state index contributed by atoms with van der Waals surface area (Å²) in [5, 5.41) is 27.8. The smallest absolute Gasteiger partial charge is 0.108 e. The first kappa shape index (κ1) is 42.1. The minimum atomic E-state index is -0.574. The molecule has 6 rings (SSSR count). The van der Waals surface area contributed by atoms with Gasteiger partial charge in [0.15, 0.2) is 0 Å². The summed E-state index contributed by atoms with van der Waals surface area (Å²) in [5.74, 6) is 0.983. The Morgan fingerprint density at radius 1 is 0.846 bits per heavy atom. The molecule has 52 heavy (non-hydrogen) atoms. The van der Waals surface area contributed by atoms with Crippen LogP contribution >= 0.6 is 22.7 Å². The van der Waals surface area contributed by atoms with Crippen molar-refractivity contribution in [1.29, 1.82) is 0 Å². The maximum Gasteiger partial charge on any atom is 0.108 e. The standard InChI is InChI=1S/C30H27N2S2.C15H30O2.Ir/c1-17(2)12-20-15-33-27-22(20)10-11-23-26-29(34-28(23)27)25(31-16-32-26)19-13-18-8-6-7-9-21(18)24(14-19)30(3,4)5;1-7-14(5,8-2)12(16)11-13(17)15(6,9-3)10-4;/h6-11,14-17H,12H2,1-5H3;11-12,16-17H,7-10H2,1-6H3;/q-1;;/b;13-11-;. The molecule has 0 fully saturated rings. The average molecular weight is 914 g/mol. The van der Waals surface area contributed by atoms with Crippen LogP contribution in [0, 0.1) is 22.8 Å². The van der Waals surface area contributed by atoms with E-state index in [9.17, 15) is 10.2 Å². The minimum Gasteiger partial charge on any atom is -0.512 e. The van der Waals surface area contributed by atoms with Gasteiger partial charge in [0.1, 0.15) is 6.33 Å². The summed E-state index contributed by atoms with van der Waals surface area (Å²) < 4.78 is 3.85. The molecule has 3 aromatic heterocycles. The summed E-state index contributed by atoms with van der Waals surface area (Å²) in [6, 6.07) is 19.1. The largest absolute Gasteiger partial charge is 0.512 e. The van der Waals surface area contributed by atoms with Crippen LogP contribution in [0.5, 0.6) is 0 Å². The van der Waals surface area contributed by atoms with Crippen molar-refractivity contribution in [3.8, 4) is 11.3 Å². The van der Waals surface area contributed by atoms with E-state index in [1.807, 2.05) is 29.6 Å². The number of benzene rings is 3. The second-order valence-electron chi connectivity index (χ2n) is 16.2. The van der Waals surface area contributed by atoms with Crippen molar-refractivity contribution in [2.75, 3.05) is 0 Å². The van der Waals surface area contributed by atoms with Crippen LogP contribution in [-0.4, -0.2) is 26.3 Å². The summed E-state index contributed by atoms with van der Waals surface area (Å²) in [6.07, 6.45) is 7.48. The monoisotopic (exact) mass is 914 g/mol. The Labute approximate surface area is 333 Å². The second-order valence-corrected chi connectivity index (χ2v) is 18.1. The molecule has 281 valence electrons. The zero-order valence-corrected chi connectivity index (χ0v) is 36.9. The minimum absolute atomic E-state index is 0. The first-order valence-corrected chi connectivity index (χ1v) is 20.4. The van der Waals surface area contributed by atoms with E-state index in [2.05, 4.69) is 123 Å². The van der Waals surface area contributed by atoms with Crippen molar-refractivity contribution in [3.63, 3.8) is 0 Å². The Kier molecular flexibility index (Phi) is 13.6. The summed E-state index contributed by atoms with van der Waals surface area (Å²) >= 11 is 3.69. The molecular formula is C45H57IrN2O2S2-. The molecule has 1 radical (unpaired) electrons. The van der Waals surface area contributed by atoms with E-state index >= 15 is 0 Å². The normalized spacial score (nSPS) is 13.5. The molecule has 1 unspecified atom stereocenters. The van der Waals surface area contributed by atoms with Crippen LogP contribution in [0.15, 0.2) is 66.0 Å². The number of fused-ring (bicyclic) bond motifs is 6. The maximum absolute atomic E-state index is 10.3. The Balaban J connectivity index is 0.000000289.